The Labute approximate surface area is 141 Å². The van der Waals surface area contributed by atoms with Crippen LogP contribution in [0, 0.1) is 17.7 Å². The Balaban J connectivity index is 1.59. The van der Waals surface area contributed by atoms with Gasteiger partial charge in [0.15, 0.2) is 5.82 Å². The van der Waals surface area contributed by atoms with Gasteiger partial charge in [0.05, 0.1) is 0 Å². The summed E-state index contributed by atoms with van der Waals surface area (Å²) in [7, 11) is 0. The minimum atomic E-state index is -0.414. The number of rotatable bonds is 5. The third-order valence-electron chi connectivity index (χ3n) is 4.68. The van der Waals surface area contributed by atoms with Crippen LogP contribution in [-0.2, 0) is 4.79 Å². The Bertz CT molecular complexity index is 680. The highest BCUT2D eigenvalue weighted by Crippen LogP contribution is 2.25. The maximum absolute atomic E-state index is 14.2. The van der Waals surface area contributed by atoms with Gasteiger partial charge in [-0.15, -0.1) is 0 Å². The number of carbonyl (C=O) groups excluding carboxylic acids is 1. The van der Waals surface area contributed by atoms with Crippen molar-refractivity contribution in [3.63, 3.8) is 0 Å². The molecule has 2 N–H and O–H groups in total. The van der Waals surface area contributed by atoms with Gasteiger partial charge < -0.3 is 10.6 Å². The zero-order chi connectivity index (χ0) is 16.9. The summed E-state index contributed by atoms with van der Waals surface area (Å²) in [6, 6.07) is 6.39. The summed E-state index contributed by atoms with van der Waals surface area (Å²) < 4.78 is 15.7. The molecular weight excluding hydrogens is 307 g/mol. The van der Waals surface area contributed by atoms with Gasteiger partial charge in [-0.1, -0.05) is 6.92 Å². The smallest absolute Gasteiger partial charge is 0.224 e. The van der Waals surface area contributed by atoms with E-state index >= 15 is 0 Å². The molecule has 1 amide bonds. The molecule has 1 atom stereocenters. The molecule has 0 bridgehead atoms. The van der Waals surface area contributed by atoms with Crippen molar-refractivity contribution in [3.8, 4) is 5.69 Å². The van der Waals surface area contributed by atoms with Crippen molar-refractivity contribution in [2.24, 2.45) is 11.8 Å². The lowest BCUT2D eigenvalue weighted by Gasteiger charge is -2.27. The highest BCUT2D eigenvalue weighted by atomic mass is 19.1. The van der Waals surface area contributed by atoms with Crippen molar-refractivity contribution in [1.29, 1.82) is 0 Å². The summed E-state index contributed by atoms with van der Waals surface area (Å²) in [6.45, 7) is 4.17. The molecule has 6 heteroatoms. The highest BCUT2D eigenvalue weighted by molar-refractivity contribution is 5.90. The summed E-state index contributed by atoms with van der Waals surface area (Å²) in [5.74, 6) is 0.436. The van der Waals surface area contributed by atoms with Crippen molar-refractivity contribution in [3.05, 3.63) is 42.5 Å². The lowest BCUT2D eigenvalue weighted by molar-refractivity contribution is -0.117. The van der Waals surface area contributed by atoms with Crippen LogP contribution in [0.1, 0.15) is 26.2 Å². The molecule has 1 aliphatic heterocycles. The van der Waals surface area contributed by atoms with E-state index in [9.17, 15) is 9.18 Å². The van der Waals surface area contributed by atoms with Crippen LogP contribution in [0.3, 0.4) is 0 Å². The fraction of sp³-hybridized carbons (Fsp3) is 0.444. The third-order valence-corrected chi connectivity index (χ3v) is 4.68. The number of nitrogens with zero attached hydrogens (tertiary/aromatic N) is 2. The molecule has 5 nitrogen and oxygen atoms in total. The van der Waals surface area contributed by atoms with Crippen LogP contribution >= 0.6 is 0 Å². The van der Waals surface area contributed by atoms with E-state index in [4.69, 9.17) is 0 Å². The van der Waals surface area contributed by atoms with Crippen molar-refractivity contribution < 1.29 is 9.18 Å². The normalized spacial score (nSPS) is 16.8. The number of piperidine rings is 1. The summed E-state index contributed by atoms with van der Waals surface area (Å²) in [5.41, 5.74) is 0.840. The number of anilines is 1. The standard InChI is InChI=1S/C18H23FN4O/c1-13(14-5-8-20-9-6-14)11-18(24)22-15-3-4-17(16(19)12-15)23-10-2-7-21-23/h2-4,7,10,12-14,20H,5-6,8-9,11H2,1H3,(H,22,24). The molecule has 0 aliphatic carbocycles. The molecule has 1 aromatic heterocycles. The topological polar surface area (TPSA) is 59.0 Å². The Kier molecular flexibility index (Phi) is 5.25. The molecule has 1 unspecified atom stereocenters. The number of nitrogens with one attached hydrogen (secondary N) is 2. The molecule has 1 aliphatic rings. The monoisotopic (exact) mass is 330 g/mol. The quantitative estimate of drug-likeness (QED) is 0.886. The van der Waals surface area contributed by atoms with E-state index in [1.54, 1.807) is 30.6 Å². The Hall–Kier alpha value is -2.21. The first-order valence-corrected chi connectivity index (χ1v) is 8.43. The predicted octanol–water partition coefficient (Wildman–Crippen LogP) is 2.98. The van der Waals surface area contributed by atoms with Gasteiger partial charge in [0.2, 0.25) is 5.91 Å². The van der Waals surface area contributed by atoms with Gasteiger partial charge in [-0.3, -0.25) is 4.79 Å². The number of hydrogen-bond donors (Lipinski definition) is 2. The molecule has 0 saturated carbocycles. The Morgan fingerprint density at radius 3 is 2.92 bits per heavy atom. The second kappa shape index (κ2) is 7.57. The van der Waals surface area contributed by atoms with Crippen molar-refractivity contribution in [2.75, 3.05) is 18.4 Å². The molecule has 0 spiro atoms. The molecule has 2 aromatic rings. The lowest BCUT2D eigenvalue weighted by atomic mass is 9.84. The Morgan fingerprint density at radius 1 is 1.46 bits per heavy atom. The maximum Gasteiger partial charge on any atom is 0.224 e. The number of benzene rings is 1. The largest absolute Gasteiger partial charge is 0.326 e. The Morgan fingerprint density at radius 2 is 2.25 bits per heavy atom. The van der Waals surface area contributed by atoms with E-state index in [1.165, 1.54) is 10.7 Å². The van der Waals surface area contributed by atoms with Gasteiger partial charge in [-0.05, 0) is 62.0 Å². The molecule has 24 heavy (non-hydrogen) atoms. The van der Waals surface area contributed by atoms with Crippen LogP contribution in [0.25, 0.3) is 5.69 Å². The van der Waals surface area contributed by atoms with Crippen molar-refractivity contribution >= 4 is 11.6 Å². The van der Waals surface area contributed by atoms with Gasteiger partial charge in [-0.25, -0.2) is 9.07 Å². The van der Waals surface area contributed by atoms with E-state index in [-0.39, 0.29) is 5.91 Å². The number of halogens is 1. The second-order valence-corrected chi connectivity index (χ2v) is 6.43. The molecule has 3 rings (SSSR count). The van der Waals surface area contributed by atoms with Gasteiger partial charge in [0, 0.05) is 24.5 Å². The van der Waals surface area contributed by atoms with E-state index in [2.05, 4.69) is 22.7 Å². The third kappa shape index (κ3) is 4.00. The van der Waals surface area contributed by atoms with Crippen LogP contribution in [0.2, 0.25) is 0 Å². The minimum absolute atomic E-state index is 0.0627. The first kappa shape index (κ1) is 16.6. The molecule has 1 fully saturated rings. The first-order chi connectivity index (χ1) is 11.6. The average molecular weight is 330 g/mol. The van der Waals surface area contributed by atoms with Crippen molar-refractivity contribution in [2.45, 2.75) is 26.2 Å². The van der Waals surface area contributed by atoms with Crippen molar-refractivity contribution in [1.82, 2.24) is 15.1 Å². The zero-order valence-corrected chi connectivity index (χ0v) is 13.8. The fourth-order valence-electron chi connectivity index (χ4n) is 3.27. The molecule has 1 saturated heterocycles. The minimum Gasteiger partial charge on any atom is -0.326 e. The van der Waals surface area contributed by atoms with E-state index in [0.717, 1.165) is 25.9 Å². The first-order valence-electron chi connectivity index (χ1n) is 8.43. The summed E-state index contributed by atoms with van der Waals surface area (Å²) >= 11 is 0. The van der Waals surface area contributed by atoms with E-state index in [0.29, 0.717) is 29.6 Å². The number of carbonyl (C=O) groups is 1. The number of aromatic nitrogens is 2. The molecular formula is C18H23FN4O. The van der Waals surface area contributed by atoms with Crippen LogP contribution < -0.4 is 10.6 Å². The predicted molar refractivity (Wildman–Crippen MR) is 91.5 cm³/mol. The fourth-order valence-corrected chi connectivity index (χ4v) is 3.27. The molecule has 1 aromatic carbocycles. The van der Waals surface area contributed by atoms with Crippen LogP contribution in [0.4, 0.5) is 10.1 Å². The number of hydrogen-bond acceptors (Lipinski definition) is 3. The van der Waals surface area contributed by atoms with Gasteiger partial charge >= 0.3 is 0 Å². The molecule has 0 radical (unpaired) electrons. The van der Waals surface area contributed by atoms with E-state index in [1.807, 2.05) is 0 Å². The summed E-state index contributed by atoms with van der Waals surface area (Å²) in [5, 5.41) is 10.2. The molecule has 128 valence electrons. The summed E-state index contributed by atoms with van der Waals surface area (Å²) in [6.07, 6.45) is 5.96. The van der Waals surface area contributed by atoms with Gasteiger partial charge in [0.25, 0.3) is 0 Å². The highest BCUT2D eigenvalue weighted by Gasteiger charge is 2.22. The van der Waals surface area contributed by atoms with E-state index < -0.39 is 5.82 Å². The van der Waals surface area contributed by atoms with Crippen LogP contribution in [0.15, 0.2) is 36.7 Å². The second-order valence-electron chi connectivity index (χ2n) is 6.43. The van der Waals surface area contributed by atoms with Gasteiger partial charge in [-0.2, -0.15) is 5.10 Å². The maximum atomic E-state index is 14.2. The summed E-state index contributed by atoms with van der Waals surface area (Å²) in [4.78, 5) is 12.2. The van der Waals surface area contributed by atoms with Crippen LogP contribution in [-0.4, -0.2) is 28.8 Å². The average Bonchev–Trinajstić information content (AvgIpc) is 3.10. The van der Waals surface area contributed by atoms with Gasteiger partial charge in [0.1, 0.15) is 5.69 Å². The SMILES string of the molecule is CC(CC(=O)Nc1ccc(-n2cccn2)c(F)c1)C1CCNCC1. The number of amides is 1. The van der Waals surface area contributed by atoms with Crippen LogP contribution in [0.5, 0.6) is 0 Å². The zero-order valence-electron chi connectivity index (χ0n) is 13.8. The lowest BCUT2D eigenvalue weighted by Crippen LogP contribution is -2.32. The molecule has 2 heterocycles.